The Hall–Kier alpha value is -3.22. The predicted molar refractivity (Wildman–Crippen MR) is 126 cm³/mol. The third kappa shape index (κ3) is 4.77. The molecule has 7 nitrogen and oxygen atoms in total. The number of carbonyl (C=O) groups is 3. The Kier molecular flexibility index (Phi) is 6.23. The Morgan fingerprint density at radius 3 is 2.39 bits per heavy atom. The van der Waals surface area contributed by atoms with Crippen molar-refractivity contribution < 1.29 is 14.4 Å². The number of likely N-dealkylation sites (tertiary alicyclic amines) is 1. The molecule has 0 saturated carbocycles. The van der Waals surface area contributed by atoms with Gasteiger partial charge in [0.1, 0.15) is 6.04 Å². The molecule has 33 heavy (non-hydrogen) atoms. The molecule has 2 aliphatic heterocycles. The molecule has 0 unspecified atom stereocenters. The standard InChI is InChI=1S/C26H32N4O3/c1-26(2,3)30-17-21(15-23(30)31)24(32)29-13-12-28(4)25(33)22(29)14-18-7-9-19(10-8-18)20-6-5-11-27-16-20/h5-11,16,21-22H,12-15,17H2,1-4H3/t21-,22-/m1/s1. The summed E-state index contributed by atoms with van der Waals surface area (Å²) in [7, 11) is 1.78. The van der Waals surface area contributed by atoms with Gasteiger partial charge in [0.2, 0.25) is 17.7 Å². The number of pyridine rings is 1. The number of carbonyl (C=O) groups excluding carboxylic acids is 3. The van der Waals surface area contributed by atoms with E-state index in [9.17, 15) is 14.4 Å². The van der Waals surface area contributed by atoms with Gasteiger partial charge in [-0.1, -0.05) is 30.3 Å². The van der Waals surface area contributed by atoms with E-state index in [0.29, 0.717) is 26.1 Å². The molecule has 174 valence electrons. The molecule has 1 aromatic carbocycles. The van der Waals surface area contributed by atoms with Crippen LogP contribution in [0.2, 0.25) is 0 Å². The molecule has 0 aliphatic carbocycles. The van der Waals surface area contributed by atoms with Gasteiger partial charge < -0.3 is 14.7 Å². The van der Waals surface area contributed by atoms with Gasteiger partial charge >= 0.3 is 0 Å². The molecule has 3 heterocycles. The van der Waals surface area contributed by atoms with Crippen LogP contribution in [0, 0.1) is 5.92 Å². The second kappa shape index (κ2) is 8.96. The molecular formula is C26H32N4O3. The van der Waals surface area contributed by atoms with Crippen LogP contribution < -0.4 is 0 Å². The quantitative estimate of drug-likeness (QED) is 0.721. The van der Waals surface area contributed by atoms with Crippen LogP contribution in [0.25, 0.3) is 11.1 Å². The van der Waals surface area contributed by atoms with Crippen molar-refractivity contribution in [2.75, 3.05) is 26.7 Å². The average molecular weight is 449 g/mol. The first-order chi connectivity index (χ1) is 15.6. The Bertz CT molecular complexity index is 1030. The highest BCUT2D eigenvalue weighted by atomic mass is 16.2. The second-order valence-corrected chi connectivity index (χ2v) is 10.0. The molecule has 3 amide bonds. The van der Waals surface area contributed by atoms with Crippen molar-refractivity contribution in [2.45, 2.75) is 45.2 Å². The molecule has 2 saturated heterocycles. The summed E-state index contributed by atoms with van der Waals surface area (Å²) in [6.45, 7) is 7.35. The van der Waals surface area contributed by atoms with E-state index in [1.807, 2.05) is 63.4 Å². The molecular weight excluding hydrogens is 416 g/mol. The van der Waals surface area contributed by atoms with Gasteiger partial charge in [-0.3, -0.25) is 19.4 Å². The molecule has 2 aromatic rings. The van der Waals surface area contributed by atoms with Gasteiger partial charge in [0.05, 0.1) is 5.92 Å². The van der Waals surface area contributed by atoms with Crippen molar-refractivity contribution in [3.8, 4) is 11.1 Å². The number of aromatic nitrogens is 1. The minimum absolute atomic E-state index is 0.00356. The first kappa shape index (κ1) is 23.0. The lowest BCUT2D eigenvalue weighted by Crippen LogP contribution is -2.59. The van der Waals surface area contributed by atoms with Crippen molar-refractivity contribution >= 4 is 17.7 Å². The number of hydrogen-bond donors (Lipinski definition) is 0. The Morgan fingerprint density at radius 1 is 1.06 bits per heavy atom. The van der Waals surface area contributed by atoms with Crippen LogP contribution in [0.5, 0.6) is 0 Å². The van der Waals surface area contributed by atoms with Crippen LogP contribution >= 0.6 is 0 Å². The van der Waals surface area contributed by atoms with Crippen LogP contribution in [-0.2, 0) is 20.8 Å². The summed E-state index contributed by atoms with van der Waals surface area (Å²) >= 11 is 0. The van der Waals surface area contributed by atoms with Crippen molar-refractivity contribution in [3.05, 3.63) is 54.4 Å². The molecule has 0 N–H and O–H groups in total. The van der Waals surface area contributed by atoms with E-state index < -0.39 is 12.0 Å². The number of hydrogen-bond acceptors (Lipinski definition) is 4. The van der Waals surface area contributed by atoms with Crippen molar-refractivity contribution in [1.82, 2.24) is 19.7 Å². The fraction of sp³-hybridized carbons (Fsp3) is 0.462. The van der Waals surface area contributed by atoms with E-state index in [1.54, 1.807) is 27.9 Å². The monoisotopic (exact) mass is 448 g/mol. The highest BCUT2D eigenvalue weighted by Gasteiger charge is 2.44. The smallest absolute Gasteiger partial charge is 0.245 e. The third-order valence-corrected chi connectivity index (χ3v) is 6.66. The summed E-state index contributed by atoms with van der Waals surface area (Å²) in [4.78, 5) is 48.4. The number of likely N-dealkylation sites (N-methyl/N-ethyl adjacent to an activating group) is 1. The van der Waals surface area contributed by atoms with E-state index in [0.717, 1.165) is 16.7 Å². The molecule has 2 fully saturated rings. The first-order valence-electron chi connectivity index (χ1n) is 11.5. The van der Waals surface area contributed by atoms with Crippen LogP contribution in [0.3, 0.4) is 0 Å². The number of nitrogens with zero attached hydrogens (tertiary/aromatic N) is 4. The van der Waals surface area contributed by atoms with E-state index in [4.69, 9.17) is 0 Å². The van der Waals surface area contributed by atoms with Gasteiger partial charge in [-0.2, -0.15) is 0 Å². The third-order valence-electron chi connectivity index (χ3n) is 6.66. The minimum Gasteiger partial charge on any atom is -0.342 e. The lowest BCUT2D eigenvalue weighted by Gasteiger charge is -2.40. The van der Waals surface area contributed by atoms with Crippen LogP contribution in [0.15, 0.2) is 48.8 Å². The van der Waals surface area contributed by atoms with Gasteiger partial charge in [-0.15, -0.1) is 0 Å². The zero-order valence-corrected chi connectivity index (χ0v) is 19.8. The maximum absolute atomic E-state index is 13.5. The number of benzene rings is 1. The van der Waals surface area contributed by atoms with E-state index >= 15 is 0 Å². The molecule has 0 radical (unpaired) electrons. The summed E-state index contributed by atoms with van der Waals surface area (Å²) in [5.41, 5.74) is 2.76. The zero-order valence-electron chi connectivity index (χ0n) is 19.8. The largest absolute Gasteiger partial charge is 0.342 e. The number of amides is 3. The molecule has 2 atom stereocenters. The van der Waals surface area contributed by atoms with E-state index in [2.05, 4.69) is 4.98 Å². The summed E-state index contributed by atoms with van der Waals surface area (Å²) in [6.07, 6.45) is 4.22. The van der Waals surface area contributed by atoms with Crippen molar-refractivity contribution in [2.24, 2.45) is 5.92 Å². The zero-order chi connectivity index (χ0) is 23.8. The molecule has 0 spiro atoms. The SMILES string of the molecule is CN1CCN(C(=O)[C@@H]2CC(=O)N(C(C)(C)C)C2)[C@H](Cc2ccc(-c3cccnc3)cc2)C1=O. The van der Waals surface area contributed by atoms with Crippen LogP contribution in [-0.4, -0.2) is 75.7 Å². The lowest BCUT2D eigenvalue weighted by molar-refractivity contribution is -0.152. The lowest BCUT2D eigenvalue weighted by atomic mass is 9.97. The topological polar surface area (TPSA) is 73.8 Å². The highest BCUT2D eigenvalue weighted by molar-refractivity contribution is 5.93. The summed E-state index contributed by atoms with van der Waals surface area (Å²) < 4.78 is 0. The maximum atomic E-state index is 13.5. The van der Waals surface area contributed by atoms with Crippen LogP contribution in [0.1, 0.15) is 32.8 Å². The van der Waals surface area contributed by atoms with Crippen molar-refractivity contribution in [3.63, 3.8) is 0 Å². The Balaban J connectivity index is 1.52. The number of piperazine rings is 1. The molecule has 2 aliphatic rings. The average Bonchev–Trinajstić information content (AvgIpc) is 3.20. The first-order valence-corrected chi connectivity index (χ1v) is 11.5. The van der Waals surface area contributed by atoms with Crippen molar-refractivity contribution in [1.29, 1.82) is 0 Å². The van der Waals surface area contributed by atoms with E-state index in [-0.39, 0.29) is 29.7 Å². The van der Waals surface area contributed by atoms with Crippen LogP contribution in [0.4, 0.5) is 0 Å². The van der Waals surface area contributed by atoms with Gasteiger partial charge in [0.25, 0.3) is 0 Å². The maximum Gasteiger partial charge on any atom is 0.245 e. The van der Waals surface area contributed by atoms with Gasteiger partial charge in [-0.25, -0.2) is 0 Å². The summed E-state index contributed by atoms with van der Waals surface area (Å²) in [5.74, 6) is -0.538. The second-order valence-electron chi connectivity index (χ2n) is 10.0. The van der Waals surface area contributed by atoms with Gasteiger partial charge in [-0.05, 0) is 43.5 Å². The summed E-state index contributed by atoms with van der Waals surface area (Å²) in [6, 6.07) is 11.4. The summed E-state index contributed by atoms with van der Waals surface area (Å²) in [5, 5.41) is 0. The highest BCUT2D eigenvalue weighted by Crippen LogP contribution is 2.29. The molecule has 7 heteroatoms. The minimum atomic E-state index is -0.556. The molecule has 0 bridgehead atoms. The normalized spacial score (nSPS) is 21.6. The Labute approximate surface area is 195 Å². The molecule has 4 rings (SSSR count). The van der Waals surface area contributed by atoms with Gasteiger partial charge in [0, 0.05) is 57.5 Å². The fourth-order valence-electron chi connectivity index (χ4n) is 4.72. The van der Waals surface area contributed by atoms with E-state index in [1.165, 1.54) is 0 Å². The van der Waals surface area contributed by atoms with Gasteiger partial charge in [0.15, 0.2) is 0 Å². The molecule has 1 aromatic heterocycles. The fourth-order valence-corrected chi connectivity index (χ4v) is 4.72. The Morgan fingerprint density at radius 2 is 1.79 bits per heavy atom. The predicted octanol–water partition coefficient (Wildman–Crippen LogP) is 2.61. The number of rotatable bonds is 4.